The number of rotatable bonds is 4. The smallest absolute Gasteiger partial charge is 0.125 e. The van der Waals surface area contributed by atoms with Gasteiger partial charge in [0.25, 0.3) is 0 Å². The Morgan fingerprint density at radius 3 is 3.07 bits per heavy atom. The summed E-state index contributed by atoms with van der Waals surface area (Å²) in [5.74, 6) is 0.698. The monoisotopic (exact) mass is 259 g/mol. The van der Waals surface area contributed by atoms with Gasteiger partial charge in [-0.25, -0.2) is 4.98 Å². The van der Waals surface area contributed by atoms with Crippen molar-refractivity contribution in [2.24, 2.45) is 5.92 Å². The molecule has 1 aromatic heterocycles. The Labute approximate surface area is 91.7 Å². The van der Waals surface area contributed by atoms with Crippen LogP contribution in [-0.2, 0) is 0 Å². The molecule has 0 aliphatic carbocycles. The zero-order valence-electron chi connectivity index (χ0n) is 8.00. The maximum absolute atomic E-state index is 8.85. The molecule has 0 bridgehead atoms. The van der Waals surface area contributed by atoms with E-state index in [1.165, 1.54) is 0 Å². The van der Waals surface area contributed by atoms with Crippen molar-refractivity contribution < 1.29 is 5.11 Å². The molecule has 0 radical (unpaired) electrons. The molecule has 4 nitrogen and oxygen atoms in total. The lowest BCUT2D eigenvalue weighted by atomic mass is 10.2. The van der Waals surface area contributed by atoms with Gasteiger partial charge in [-0.05, 0) is 21.8 Å². The number of aliphatic hydroxyl groups is 1. The first-order valence-electron chi connectivity index (χ1n) is 4.39. The Kier molecular flexibility index (Phi) is 4.16. The number of pyridine rings is 1. The first-order valence-corrected chi connectivity index (χ1v) is 5.18. The van der Waals surface area contributed by atoms with Crippen molar-refractivity contribution in [3.05, 3.63) is 16.7 Å². The molecule has 1 atom stereocenters. The first-order chi connectivity index (χ1) is 6.63. The van der Waals surface area contributed by atoms with Gasteiger partial charge < -0.3 is 16.2 Å². The summed E-state index contributed by atoms with van der Waals surface area (Å²) in [5, 5.41) is 12.0. The van der Waals surface area contributed by atoms with Gasteiger partial charge in [0.05, 0.1) is 10.2 Å². The van der Waals surface area contributed by atoms with Gasteiger partial charge in [0.15, 0.2) is 0 Å². The van der Waals surface area contributed by atoms with Crippen molar-refractivity contribution in [3.8, 4) is 0 Å². The van der Waals surface area contributed by atoms with Gasteiger partial charge in [0.2, 0.25) is 0 Å². The van der Waals surface area contributed by atoms with Gasteiger partial charge in [-0.15, -0.1) is 0 Å². The maximum Gasteiger partial charge on any atom is 0.125 e. The number of nitrogen functional groups attached to an aromatic ring is 1. The molecule has 1 rings (SSSR count). The van der Waals surface area contributed by atoms with E-state index in [4.69, 9.17) is 10.8 Å². The molecule has 0 amide bonds. The lowest BCUT2D eigenvalue weighted by Gasteiger charge is -2.12. The summed E-state index contributed by atoms with van der Waals surface area (Å²) in [6.45, 7) is 2.84. The van der Waals surface area contributed by atoms with Crippen molar-refractivity contribution in [1.29, 1.82) is 0 Å². The minimum Gasteiger partial charge on any atom is -0.396 e. The third-order valence-corrected chi connectivity index (χ3v) is 2.46. The molecule has 0 aliphatic rings. The van der Waals surface area contributed by atoms with Gasteiger partial charge in [-0.1, -0.05) is 6.92 Å². The quantitative estimate of drug-likeness (QED) is 0.766. The number of hydrogen-bond acceptors (Lipinski definition) is 4. The molecule has 4 N–H and O–H groups in total. The highest BCUT2D eigenvalue weighted by molar-refractivity contribution is 9.10. The Hall–Kier alpha value is -0.810. The van der Waals surface area contributed by atoms with Crippen molar-refractivity contribution >= 4 is 27.4 Å². The fraction of sp³-hybridized carbons (Fsp3) is 0.444. The number of nitrogens with two attached hydrogens (primary N) is 1. The number of nitrogens with one attached hydrogen (secondary N) is 1. The van der Waals surface area contributed by atoms with Gasteiger partial charge in [0, 0.05) is 25.4 Å². The van der Waals surface area contributed by atoms with E-state index in [2.05, 4.69) is 26.2 Å². The highest BCUT2D eigenvalue weighted by Crippen LogP contribution is 2.22. The number of hydrogen-bond donors (Lipinski definition) is 3. The summed E-state index contributed by atoms with van der Waals surface area (Å²) in [6, 6.07) is 1.76. The second-order valence-electron chi connectivity index (χ2n) is 3.26. The van der Waals surface area contributed by atoms with Crippen LogP contribution in [0.1, 0.15) is 6.92 Å². The summed E-state index contributed by atoms with van der Waals surface area (Å²) >= 11 is 3.36. The molecular weight excluding hydrogens is 246 g/mol. The fourth-order valence-electron chi connectivity index (χ4n) is 0.939. The Balaban J connectivity index is 2.62. The first kappa shape index (κ1) is 11.3. The van der Waals surface area contributed by atoms with E-state index in [1.807, 2.05) is 6.92 Å². The molecule has 0 aromatic carbocycles. The molecule has 5 heteroatoms. The molecule has 14 heavy (non-hydrogen) atoms. The van der Waals surface area contributed by atoms with Crippen LogP contribution in [0.15, 0.2) is 16.7 Å². The zero-order valence-corrected chi connectivity index (χ0v) is 9.58. The maximum atomic E-state index is 8.85. The van der Waals surface area contributed by atoms with E-state index >= 15 is 0 Å². The number of aromatic nitrogens is 1. The van der Waals surface area contributed by atoms with Crippen LogP contribution in [0.25, 0.3) is 0 Å². The second-order valence-corrected chi connectivity index (χ2v) is 4.11. The second kappa shape index (κ2) is 5.17. The van der Waals surface area contributed by atoms with Gasteiger partial charge in [-0.2, -0.15) is 0 Å². The molecule has 0 saturated heterocycles. The van der Waals surface area contributed by atoms with Gasteiger partial charge in [0.1, 0.15) is 5.82 Å². The number of nitrogens with zero attached hydrogens (tertiary/aromatic N) is 1. The molecule has 0 fully saturated rings. The Morgan fingerprint density at radius 1 is 1.71 bits per heavy atom. The average Bonchev–Trinajstić information content (AvgIpc) is 2.19. The summed E-state index contributed by atoms with van der Waals surface area (Å²) in [6.07, 6.45) is 1.65. The minimum atomic E-state index is 0.172. The fourth-order valence-corrected chi connectivity index (χ4v) is 1.30. The molecule has 1 heterocycles. The SMILES string of the molecule is CC(CO)CNc1cc(N)ncc1Br. The van der Waals surface area contributed by atoms with Crippen molar-refractivity contribution in [3.63, 3.8) is 0 Å². The molecule has 0 aliphatic heterocycles. The lowest BCUT2D eigenvalue weighted by molar-refractivity contribution is 0.244. The minimum absolute atomic E-state index is 0.172. The average molecular weight is 260 g/mol. The van der Waals surface area contributed by atoms with E-state index in [0.717, 1.165) is 10.2 Å². The van der Waals surface area contributed by atoms with Crippen LogP contribution in [0.5, 0.6) is 0 Å². The number of aliphatic hydroxyl groups excluding tert-OH is 1. The van der Waals surface area contributed by atoms with Crippen LogP contribution >= 0.6 is 15.9 Å². The molecule has 1 unspecified atom stereocenters. The molecular formula is C9H14BrN3O. The van der Waals surface area contributed by atoms with E-state index < -0.39 is 0 Å². The van der Waals surface area contributed by atoms with Crippen molar-refractivity contribution in [1.82, 2.24) is 4.98 Å². The number of anilines is 2. The Bertz CT molecular complexity index is 306. The molecule has 1 aromatic rings. The molecule has 78 valence electrons. The summed E-state index contributed by atoms with van der Waals surface area (Å²) in [7, 11) is 0. The topological polar surface area (TPSA) is 71.2 Å². The predicted octanol–water partition coefficient (Wildman–Crippen LogP) is 1.47. The van der Waals surface area contributed by atoms with Crippen molar-refractivity contribution in [2.45, 2.75) is 6.92 Å². The van der Waals surface area contributed by atoms with E-state index in [-0.39, 0.29) is 12.5 Å². The molecule has 0 saturated carbocycles. The van der Waals surface area contributed by atoms with E-state index in [9.17, 15) is 0 Å². The van der Waals surface area contributed by atoms with Gasteiger partial charge in [-0.3, -0.25) is 0 Å². The van der Waals surface area contributed by atoms with E-state index in [1.54, 1.807) is 12.3 Å². The van der Waals surface area contributed by atoms with Crippen molar-refractivity contribution in [2.75, 3.05) is 24.2 Å². The van der Waals surface area contributed by atoms with Crippen LogP contribution in [-0.4, -0.2) is 23.2 Å². The van der Waals surface area contributed by atoms with Crippen LogP contribution in [0.4, 0.5) is 11.5 Å². The van der Waals surface area contributed by atoms with Crippen LogP contribution in [0, 0.1) is 5.92 Å². The highest BCUT2D eigenvalue weighted by atomic mass is 79.9. The van der Waals surface area contributed by atoms with Crippen LogP contribution in [0.3, 0.4) is 0 Å². The predicted molar refractivity (Wildman–Crippen MR) is 61.1 cm³/mol. The summed E-state index contributed by atoms with van der Waals surface area (Å²) in [4.78, 5) is 3.93. The van der Waals surface area contributed by atoms with Gasteiger partial charge >= 0.3 is 0 Å². The highest BCUT2D eigenvalue weighted by Gasteiger charge is 2.03. The van der Waals surface area contributed by atoms with E-state index in [0.29, 0.717) is 12.4 Å². The largest absolute Gasteiger partial charge is 0.396 e. The third-order valence-electron chi connectivity index (χ3n) is 1.83. The molecule has 0 spiro atoms. The lowest BCUT2D eigenvalue weighted by Crippen LogP contribution is -2.14. The van der Waals surface area contributed by atoms with Crippen LogP contribution in [0.2, 0.25) is 0 Å². The normalized spacial score (nSPS) is 12.5. The van der Waals surface area contributed by atoms with Crippen LogP contribution < -0.4 is 11.1 Å². The number of halogens is 1. The summed E-state index contributed by atoms with van der Waals surface area (Å²) in [5.41, 5.74) is 6.45. The third kappa shape index (κ3) is 3.16. The Morgan fingerprint density at radius 2 is 2.43 bits per heavy atom. The zero-order chi connectivity index (χ0) is 10.6. The summed E-state index contributed by atoms with van der Waals surface area (Å²) < 4.78 is 0.872. The standard InChI is InChI=1S/C9H14BrN3O/c1-6(5-14)3-12-8-2-9(11)13-4-7(8)10/h2,4,6,14H,3,5H2,1H3,(H3,11,12,13).